The minimum absolute atomic E-state index is 0.122. The number of amides is 5. The number of piperazine rings is 1. The molecule has 3 N–H and O–H groups in total. The van der Waals surface area contributed by atoms with Gasteiger partial charge in [-0.05, 0) is 49.4 Å². The molecule has 2 heterocycles. The predicted octanol–water partition coefficient (Wildman–Crippen LogP) is 1.24. The monoisotopic (exact) mass is 511 g/mol. The largest absolute Gasteiger partial charge is 0.342 e. The predicted molar refractivity (Wildman–Crippen MR) is 139 cm³/mol. The SMILES string of the molecule is CC(C)C[C@H](NC(=O)c1ccc(NC(=O)N2CCN(CC(=O)N3CCCC3)CC2)cc1)C(=O)NCC#N. The van der Waals surface area contributed by atoms with Crippen molar-refractivity contribution in [1.82, 2.24) is 25.3 Å². The van der Waals surface area contributed by atoms with E-state index in [1.165, 1.54) is 0 Å². The van der Waals surface area contributed by atoms with Crippen molar-refractivity contribution in [2.45, 2.75) is 39.2 Å². The summed E-state index contributed by atoms with van der Waals surface area (Å²) in [6.07, 6.45) is 2.59. The van der Waals surface area contributed by atoms with Gasteiger partial charge in [0, 0.05) is 50.5 Å². The van der Waals surface area contributed by atoms with Gasteiger partial charge in [0.25, 0.3) is 5.91 Å². The molecule has 0 radical (unpaired) electrons. The minimum Gasteiger partial charge on any atom is -0.342 e. The summed E-state index contributed by atoms with van der Waals surface area (Å²) in [4.78, 5) is 55.8. The van der Waals surface area contributed by atoms with E-state index in [0.29, 0.717) is 50.4 Å². The number of anilines is 1. The Hall–Kier alpha value is -3.65. The first-order chi connectivity index (χ1) is 17.8. The number of nitriles is 1. The summed E-state index contributed by atoms with van der Waals surface area (Å²) in [5.41, 5.74) is 0.912. The summed E-state index contributed by atoms with van der Waals surface area (Å²) < 4.78 is 0. The molecule has 0 spiro atoms. The Balaban J connectivity index is 1.46. The Morgan fingerprint density at radius 3 is 2.19 bits per heavy atom. The molecule has 200 valence electrons. The lowest BCUT2D eigenvalue weighted by Crippen LogP contribution is -2.52. The zero-order valence-corrected chi connectivity index (χ0v) is 21.7. The number of carbonyl (C=O) groups is 4. The first-order valence-electron chi connectivity index (χ1n) is 12.9. The van der Waals surface area contributed by atoms with Crippen LogP contribution in [0.3, 0.4) is 0 Å². The zero-order valence-electron chi connectivity index (χ0n) is 21.7. The van der Waals surface area contributed by atoms with Crippen molar-refractivity contribution in [3.63, 3.8) is 0 Å². The summed E-state index contributed by atoms with van der Waals surface area (Å²) in [6, 6.07) is 7.35. The third kappa shape index (κ3) is 8.46. The Morgan fingerprint density at radius 1 is 0.946 bits per heavy atom. The maximum absolute atomic E-state index is 12.7. The van der Waals surface area contributed by atoms with E-state index in [4.69, 9.17) is 5.26 Å². The number of hydrogen-bond donors (Lipinski definition) is 3. The van der Waals surface area contributed by atoms with Crippen LogP contribution in [0.4, 0.5) is 10.5 Å². The number of benzene rings is 1. The van der Waals surface area contributed by atoms with Gasteiger partial charge in [-0.1, -0.05) is 13.8 Å². The standard InChI is InChI=1S/C26H37N7O4/c1-19(2)17-22(25(36)28-10-9-27)30-24(35)20-5-7-21(8-6-20)29-26(37)33-15-13-31(14-16-33)18-23(34)32-11-3-4-12-32/h5-8,19,22H,3-4,10-18H2,1-2H3,(H,28,36)(H,29,37)(H,30,35)/t22-/m0/s1. The molecule has 2 aliphatic heterocycles. The van der Waals surface area contributed by atoms with Gasteiger partial charge in [-0.25, -0.2) is 4.79 Å². The zero-order chi connectivity index (χ0) is 26.8. The Morgan fingerprint density at radius 2 is 1.59 bits per heavy atom. The van der Waals surface area contributed by atoms with Crippen LogP contribution in [0.25, 0.3) is 0 Å². The number of carbonyl (C=O) groups excluding carboxylic acids is 4. The topological polar surface area (TPSA) is 138 Å². The highest BCUT2D eigenvalue weighted by Gasteiger charge is 2.26. The molecular formula is C26H37N7O4. The third-order valence-corrected chi connectivity index (χ3v) is 6.55. The van der Waals surface area contributed by atoms with Gasteiger partial charge in [-0.2, -0.15) is 5.26 Å². The van der Waals surface area contributed by atoms with Gasteiger partial charge < -0.3 is 25.8 Å². The van der Waals surface area contributed by atoms with Gasteiger partial charge in [-0.3, -0.25) is 19.3 Å². The van der Waals surface area contributed by atoms with Crippen LogP contribution >= 0.6 is 0 Å². The van der Waals surface area contributed by atoms with Gasteiger partial charge >= 0.3 is 6.03 Å². The third-order valence-electron chi connectivity index (χ3n) is 6.55. The molecule has 0 bridgehead atoms. The van der Waals surface area contributed by atoms with Crippen molar-refractivity contribution in [2.75, 3.05) is 57.7 Å². The molecule has 37 heavy (non-hydrogen) atoms. The van der Waals surface area contributed by atoms with Crippen LogP contribution < -0.4 is 16.0 Å². The van der Waals surface area contributed by atoms with Crippen molar-refractivity contribution >= 4 is 29.4 Å². The fourth-order valence-electron chi connectivity index (χ4n) is 4.47. The van der Waals surface area contributed by atoms with Gasteiger partial charge in [-0.15, -0.1) is 0 Å². The summed E-state index contributed by atoms with van der Waals surface area (Å²) in [5, 5.41) is 16.8. The summed E-state index contributed by atoms with van der Waals surface area (Å²) >= 11 is 0. The van der Waals surface area contributed by atoms with E-state index in [2.05, 4.69) is 20.9 Å². The van der Waals surface area contributed by atoms with E-state index in [1.807, 2.05) is 24.8 Å². The average Bonchev–Trinajstić information content (AvgIpc) is 3.43. The number of nitrogens with zero attached hydrogens (tertiary/aromatic N) is 4. The molecule has 5 amide bonds. The smallest absolute Gasteiger partial charge is 0.321 e. The number of rotatable bonds is 9. The molecule has 0 aromatic heterocycles. The highest BCUT2D eigenvalue weighted by atomic mass is 16.2. The first kappa shape index (κ1) is 27.9. The van der Waals surface area contributed by atoms with Crippen LogP contribution in [-0.2, 0) is 9.59 Å². The molecule has 2 saturated heterocycles. The minimum atomic E-state index is -0.746. The molecule has 1 atom stereocenters. The van der Waals surface area contributed by atoms with Gasteiger partial charge in [0.2, 0.25) is 11.8 Å². The molecule has 11 heteroatoms. The number of hydrogen-bond acceptors (Lipinski definition) is 6. The van der Waals surface area contributed by atoms with Crippen LogP contribution in [0.1, 0.15) is 43.5 Å². The van der Waals surface area contributed by atoms with E-state index in [1.54, 1.807) is 29.2 Å². The van der Waals surface area contributed by atoms with E-state index >= 15 is 0 Å². The lowest BCUT2D eigenvalue weighted by molar-refractivity contribution is -0.131. The van der Waals surface area contributed by atoms with Crippen molar-refractivity contribution in [2.24, 2.45) is 5.92 Å². The second-order valence-electron chi connectivity index (χ2n) is 9.89. The number of nitrogens with one attached hydrogen (secondary N) is 3. The maximum Gasteiger partial charge on any atom is 0.321 e. The molecule has 11 nitrogen and oxygen atoms in total. The fraction of sp³-hybridized carbons (Fsp3) is 0.577. The molecule has 1 aromatic rings. The summed E-state index contributed by atoms with van der Waals surface area (Å²) in [7, 11) is 0. The van der Waals surface area contributed by atoms with Crippen LogP contribution in [0.5, 0.6) is 0 Å². The molecular weight excluding hydrogens is 474 g/mol. The van der Waals surface area contributed by atoms with E-state index < -0.39 is 17.9 Å². The van der Waals surface area contributed by atoms with Gasteiger partial charge in [0.1, 0.15) is 12.6 Å². The molecule has 3 rings (SSSR count). The van der Waals surface area contributed by atoms with Crippen LogP contribution in [-0.4, -0.2) is 96.9 Å². The van der Waals surface area contributed by atoms with Crippen molar-refractivity contribution < 1.29 is 19.2 Å². The van der Waals surface area contributed by atoms with E-state index in [-0.39, 0.29) is 24.4 Å². The highest BCUT2D eigenvalue weighted by Crippen LogP contribution is 2.14. The number of urea groups is 1. The molecule has 2 aliphatic rings. The fourth-order valence-corrected chi connectivity index (χ4v) is 4.47. The molecule has 0 unspecified atom stereocenters. The normalized spacial score (nSPS) is 16.7. The molecule has 1 aromatic carbocycles. The van der Waals surface area contributed by atoms with Crippen LogP contribution in [0.2, 0.25) is 0 Å². The second kappa shape index (κ2) is 13.6. The van der Waals surface area contributed by atoms with Crippen molar-refractivity contribution in [1.29, 1.82) is 5.26 Å². The average molecular weight is 512 g/mol. The lowest BCUT2D eigenvalue weighted by Gasteiger charge is -2.35. The Kier molecular flexibility index (Phi) is 10.3. The van der Waals surface area contributed by atoms with E-state index in [9.17, 15) is 19.2 Å². The first-order valence-corrected chi connectivity index (χ1v) is 12.9. The maximum atomic E-state index is 12.7. The van der Waals surface area contributed by atoms with Crippen molar-refractivity contribution in [3.8, 4) is 6.07 Å². The Labute approximate surface area is 218 Å². The lowest BCUT2D eigenvalue weighted by atomic mass is 10.0. The highest BCUT2D eigenvalue weighted by molar-refractivity contribution is 5.98. The molecule has 0 aliphatic carbocycles. The van der Waals surface area contributed by atoms with Crippen molar-refractivity contribution in [3.05, 3.63) is 29.8 Å². The molecule has 2 fully saturated rings. The number of likely N-dealkylation sites (tertiary alicyclic amines) is 1. The Bertz CT molecular complexity index is 991. The second-order valence-corrected chi connectivity index (χ2v) is 9.89. The van der Waals surface area contributed by atoms with Crippen LogP contribution in [0, 0.1) is 17.2 Å². The summed E-state index contributed by atoms with van der Waals surface area (Å²) in [6.45, 7) is 8.22. The summed E-state index contributed by atoms with van der Waals surface area (Å²) in [5.74, 6) is -0.468. The van der Waals surface area contributed by atoms with Gasteiger partial charge in [0.15, 0.2) is 0 Å². The van der Waals surface area contributed by atoms with Crippen LogP contribution in [0.15, 0.2) is 24.3 Å². The quantitative estimate of drug-likeness (QED) is 0.427. The van der Waals surface area contributed by atoms with Gasteiger partial charge in [0.05, 0.1) is 12.6 Å². The molecule has 0 saturated carbocycles. The van der Waals surface area contributed by atoms with E-state index in [0.717, 1.165) is 25.9 Å².